The predicted molar refractivity (Wildman–Crippen MR) is 81.1 cm³/mol. The average molecular weight is 334 g/mol. The number of hydrogen-bond donors (Lipinski definition) is 1. The Labute approximate surface area is 126 Å². The summed E-state index contributed by atoms with van der Waals surface area (Å²) in [4.78, 5) is 17.5. The van der Waals surface area contributed by atoms with Crippen LogP contribution in [0.4, 0.5) is 5.82 Å². The third kappa shape index (κ3) is 2.52. The van der Waals surface area contributed by atoms with Gasteiger partial charge in [-0.25, -0.2) is 19.9 Å². The van der Waals surface area contributed by atoms with Crippen molar-refractivity contribution in [2.24, 2.45) is 0 Å². The number of hydrogen-bond acceptors (Lipinski definition) is 5. The molecule has 0 spiro atoms. The van der Waals surface area contributed by atoms with Crippen molar-refractivity contribution in [3.63, 3.8) is 0 Å². The van der Waals surface area contributed by atoms with E-state index < -0.39 is 0 Å². The Morgan fingerprint density at radius 2 is 1.75 bits per heavy atom. The van der Waals surface area contributed by atoms with Crippen LogP contribution in [0.15, 0.2) is 16.9 Å². The van der Waals surface area contributed by atoms with Crippen LogP contribution < -0.4 is 5.73 Å². The summed E-state index contributed by atoms with van der Waals surface area (Å²) in [5.74, 6) is 1.95. The molecule has 0 unspecified atom stereocenters. The lowest BCUT2D eigenvalue weighted by atomic mass is 10.0. The van der Waals surface area contributed by atoms with Crippen molar-refractivity contribution in [2.75, 3.05) is 5.73 Å². The van der Waals surface area contributed by atoms with E-state index in [4.69, 9.17) is 5.73 Å². The molecule has 0 bridgehead atoms. The zero-order chi connectivity index (χ0) is 14.1. The highest BCUT2D eigenvalue weighted by Gasteiger charge is 2.24. The molecule has 1 aliphatic carbocycles. The molecule has 2 N–H and O–H groups in total. The fourth-order valence-electron chi connectivity index (χ4n) is 2.56. The number of nitrogen functional groups attached to an aromatic ring is 1. The Kier molecular flexibility index (Phi) is 3.65. The van der Waals surface area contributed by atoms with Gasteiger partial charge in [0.05, 0.1) is 10.2 Å². The van der Waals surface area contributed by atoms with Crippen LogP contribution in [0.25, 0.3) is 11.6 Å². The van der Waals surface area contributed by atoms with E-state index in [1.807, 2.05) is 6.92 Å². The number of nitrogens with zero attached hydrogens (tertiary/aromatic N) is 4. The first-order chi connectivity index (χ1) is 9.65. The van der Waals surface area contributed by atoms with Crippen molar-refractivity contribution in [1.82, 2.24) is 19.9 Å². The summed E-state index contributed by atoms with van der Waals surface area (Å²) in [6.45, 7) is 1.95. The van der Waals surface area contributed by atoms with Crippen LogP contribution in [-0.4, -0.2) is 19.9 Å². The van der Waals surface area contributed by atoms with Gasteiger partial charge in [0, 0.05) is 18.3 Å². The smallest absolute Gasteiger partial charge is 0.200 e. The molecule has 104 valence electrons. The van der Waals surface area contributed by atoms with Crippen molar-refractivity contribution in [2.45, 2.75) is 38.5 Å². The standard InChI is InChI=1S/C14H16BrN5/c1-8-6-17-13(18-7-8)14-19-11(9-4-2-3-5-9)10(15)12(16)20-14/h6-7,9H,2-5H2,1H3,(H2,16,19,20). The maximum absolute atomic E-state index is 6.00. The first kappa shape index (κ1) is 13.4. The van der Waals surface area contributed by atoms with E-state index in [0.717, 1.165) is 28.6 Å². The summed E-state index contributed by atoms with van der Waals surface area (Å²) in [5, 5.41) is 0. The highest BCUT2D eigenvalue weighted by molar-refractivity contribution is 9.10. The number of aromatic nitrogens is 4. The van der Waals surface area contributed by atoms with Gasteiger partial charge in [-0.3, -0.25) is 0 Å². The van der Waals surface area contributed by atoms with Gasteiger partial charge in [-0.15, -0.1) is 0 Å². The lowest BCUT2D eigenvalue weighted by molar-refractivity contribution is 0.691. The normalized spacial score (nSPS) is 15.7. The number of nitrogens with two attached hydrogens (primary N) is 1. The second-order valence-electron chi connectivity index (χ2n) is 5.20. The third-order valence-corrected chi connectivity index (χ3v) is 4.44. The van der Waals surface area contributed by atoms with Crippen LogP contribution in [0.1, 0.15) is 42.9 Å². The first-order valence-corrected chi connectivity index (χ1v) is 7.56. The van der Waals surface area contributed by atoms with Gasteiger partial charge >= 0.3 is 0 Å². The molecule has 0 radical (unpaired) electrons. The van der Waals surface area contributed by atoms with Crippen molar-refractivity contribution in [1.29, 1.82) is 0 Å². The number of halogens is 1. The van der Waals surface area contributed by atoms with Crippen molar-refractivity contribution in [3.8, 4) is 11.6 Å². The molecule has 6 heteroatoms. The Bertz CT molecular complexity index is 620. The molecular weight excluding hydrogens is 318 g/mol. The number of rotatable bonds is 2. The second-order valence-corrected chi connectivity index (χ2v) is 5.99. The van der Waals surface area contributed by atoms with Gasteiger partial charge in [-0.1, -0.05) is 12.8 Å². The zero-order valence-corrected chi connectivity index (χ0v) is 12.9. The topological polar surface area (TPSA) is 77.6 Å². The highest BCUT2D eigenvalue weighted by Crippen LogP contribution is 2.38. The van der Waals surface area contributed by atoms with Gasteiger partial charge in [0.15, 0.2) is 11.6 Å². The monoisotopic (exact) mass is 333 g/mol. The summed E-state index contributed by atoms with van der Waals surface area (Å²) < 4.78 is 0.820. The SMILES string of the molecule is Cc1cnc(-c2nc(N)c(Br)c(C3CCCC3)n2)nc1. The van der Waals surface area contributed by atoms with Crippen LogP contribution in [0.2, 0.25) is 0 Å². The third-order valence-electron chi connectivity index (χ3n) is 3.63. The van der Waals surface area contributed by atoms with Gasteiger partial charge in [-0.05, 0) is 41.3 Å². The van der Waals surface area contributed by atoms with Crippen LogP contribution in [0.3, 0.4) is 0 Å². The van der Waals surface area contributed by atoms with Gasteiger partial charge in [-0.2, -0.15) is 0 Å². The fraction of sp³-hybridized carbons (Fsp3) is 0.429. The van der Waals surface area contributed by atoms with E-state index in [-0.39, 0.29) is 0 Å². The van der Waals surface area contributed by atoms with E-state index in [1.165, 1.54) is 12.8 Å². The summed E-state index contributed by atoms with van der Waals surface area (Å²) >= 11 is 3.52. The lowest BCUT2D eigenvalue weighted by Crippen LogP contribution is -2.07. The van der Waals surface area contributed by atoms with E-state index in [2.05, 4.69) is 35.9 Å². The first-order valence-electron chi connectivity index (χ1n) is 6.77. The minimum absolute atomic E-state index is 0.457. The Hall–Kier alpha value is -1.56. The van der Waals surface area contributed by atoms with E-state index >= 15 is 0 Å². The Morgan fingerprint density at radius 1 is 1.10 bits per heavy atom. The average Bonchev–Trinajstić information content (AvgIpc) is 2.96. The second kappa shape index (κ2) is 5.44. The quantitative estimate of drug-likeness (QED) is 0.912. The van der Waals surface area contributed by atoms with Crippen LogP contribution in [0, 0.1) is 6.92 Å². The molecular formula is C14H16BrN5. The summed E-state index contributed by atoms with van der Waals surface area (Å²) in [6, 6.07) is 0. The molecule has 0 saturated heterocycles. The summed E-state index contributed by atoms with van der Waals surface area (Å²) in [6.07, 6.45) is 8.33. The molecule has 2 heterocycles. The Morgan fingerprint density at radius 3 is 2.40 bits per heavy atom. The molecule has 1 saturated carbocycles. The molecule has 2 aromatic rings. The molecule has 0 aromatic carbocycles. The van der Waals surface area contributed by atoms with E-state index in [0.29, 0.717) is 23.4 Å². The molecule has 0 atom stereocenters. The summed E-state index contributed by atoms with van der Waals surface area (Å²) in [7, 11) is 0. The van der Waals surface area contributed by atoms with Gasteiger partial charge < -0.3 is 5.73 Å². The molecule has 2 aromatic heterocycles. The molecule has 20 heavy (non-hydrogen) atoms. The number of anilines is 1. The minimum Gasteiger partial charge on any atom is -0.383 e. The highest BCUT2D eigenvalue weighted by atomic mass is 79.9. The van der Waals surface area contributed by atoms with Crippen molar-refractivity contribution >= 4 is 21.7 Å². The molecule has 0 aliphatic heterocycles. The lowest BCUT2D eigenvalue weighted by Gasteiger charge is -2.13. The van der Waals surface area contributed by atoms with Crippen molar-refractivity contribution in [3.05, 3.63) is 28.1 Å². The molecule has 1 aliphatic rings. The maximum Gasteiger partial charge on any atom is 0.200 e. The summed E-state index contributed by atoms with van der Waals surface area (Å²) in [5.41, 5.74) is 8.01. The van der Waals surface area contributed by atoms with E-state index in [1.54, 1.807) is 12.4 Å². The van der Waals surface area contributed by atoms with Gasteiger partial charge in [0.25, 0.3) is 0 Å². The molecule has 3 rings (SSSR count). The number of aryl methyl sites for hydroxylation is 1. The molecule has 0 amide bonds. The Balaban J connectivity index is 2.05. The molecule has 5 nitrogen and oxygen atoms in total. The van der Waals surface area contributed by atoms with Crippen LogP contribution in [-0.2, 0) is 0 Å². The van der Waals surface area contributed by atoms with Gasteiger partial charge in [0.2, 0.25) is 0 Å². The van der Waals surface area contributed by atoms with Crippen LogP contribution in [0.5, 0.6) is 0 Å². The largest absolute Gasteiger partial charge is 0.383 e. The fourth-order valence-corrected chi connectivity index (χ4v) is 3.06. The van der Waals surface area contributed by atoms with E-state index in [9.17, 15) is 0 Å². The molecule has 1 fully saturated rings. The van der Waals surface area contributed by atoms with Gasteiger partial charge in [0.1, 0.15) is 5.82 Å². The predicted octanol–water partition coefficient (Wildman–Crippen LogP) is 3.24. The minimum atomic E-state index is 0.457. The van der Waals surface area contributed by atoms with Crippen molar-refractivity contribution < 1.29 is 0 Å². The zero-order valence-electron chi connectivity index (χ0n) is 11.3. The maximum atomic E-state index is 6.00. The van der Waals surface area contributed by atoms with Crippen LogP contribution >= 0.6 is 15.9 Å².